The highest BCUT2D eigenvalue weighted by atomic mass is 32.2. The van der Waals surface area contributed by atoms with Crippen LogP contribution in [0.1, 0.15) is 36.0 Å². The molecule has 3 heterocycles. The van der Waals surface area contributed by atoms with Crippen molar-refractivity contribution in [3.05, 3.63) is 83.4 Å². The van der Waals surface area contributed by atoms with Crippen molar-refractivity contribution in [2.75, 3.05) is 28.0 Å². The predicted molar refractivity (Wildman–Crippen MR) is 153 cm³/mol. The van der Waals surface area contributed by atoms with Crippen LogP contribution in [0.2, 0.25) is 0 Å². The number of piperidine rings is 1. The Morgan fingerprint density at radius 2 is 1.68 bits per heavy atom. The van der Waals surface area contributed by atoms with Crippen molar-refractivity contribution in [1.82, 2.24) is 9.97 Å². The fraction of sp³-hybridized carbons (Fsp3) is 0.267. The first-order chi connectivity index (χ1) is 18.1. The number of ether oxygens (including phenoxy) is 1. The molecule has 0 unspecified atom stereocenters. The fourth-order valence-electron chi connectivity index (χ4n) is 5.17. The van der Waals surface area contributed by atoms with Crippen molar-refractivity contribution in [3.63, 3.8) is 0 Å². The molecule has 1 fully saturated rings. The minimum Gasteiger partial charge on any atom is -0.439 e. The van der Waals surface area contributed by atoms with E-state index in [9.17, 15) is 0 Å². The van der Waals surface area contributed by atoms with Crippen molar-refractivity contribution in [1.29, 1.82) is 0 Å². The maximum absolute atomic E-state index is 6.39. The lowest BCUT2D eigenvalue weighted by Gasteiger charge is -2.31. The van der Waals surface area contributed by atoms with Crippen molar-refractivity contribution < 1.29 is 4.74 Å². The van der Waals surface area contributed by atoms with E-state index < -0.39 is 0 Å². The summed E-state index contributed by atoms with van der Waals surface area (Å²) in [6, 6.07) is 23.1. The Labute approximate surface area is 222 Å². The number of aromatic nitrogens is 2. The Hall–Kier alpha value is -3.71. The molecule has 0 amide bonds. The van der Waals surface area contributed by atoms with Crippen LogP contribution in [-0.2, 0) is 6.54 Å². The molecule has 188 valence electrons. The third kappa shape index (κ3) is 5.23. The first-order valence-corrected chi connectivity index (χ1v) is 13.7. The molecule has 2 N–H and O–H groups in total. The van der Waals surface area contributed by atoms with E-state index in [1.165, 1.54) is 53.6 Å². The van der Waals surface area contributed by atoms with Crippen molar-refractivity contribution in [2.45, 2.75) is 44.6 Å². The summed E-state index contributed by atoms with van der Waals surface area (Å²) in [6.45, 7) is 7.14. The van der Waals surface area contributed by atoms with Crippen LogP contribution in [-0.4, -0.2) is 23.1 Å². The van der Waals surface area contributed by atoms with Gasteiger partial charge in [-0.1, -0.05) is 24.3 Å². The van der Waals surface area contributed by atoms with Gasteiger partial charge in [0, 0.05) is 47.5 Å². The summed E-state index contributed by atoms with van der Waals surface area (Å²) in [5, 5.41) is 3.62. The van der Waals surface area contributed by atoms with Gasteiger partial charge in [0.1, 0.15) is 5.75 Å². The third-order valence-corrected chi connectivity index (χ3v) is 7.76. The van der Waals surface area contributed by atoms with Gasteiger partial charge in [0.2, 0.25) is 11.8 Å². The quantitative estimate of drug-likeness (QED) is 0.270. The molecule has 1 saturated heterocycles. The first-order valence-electron chi connectivity index (χ1n) is 12.9. The van der Waals surface area contributed by atoms with Gasteiger partial charge < -0.3 is 15.0 Å². The average Bonchev–Trinajstić information content (AvgIpc) is 2.91. The summed E-state index contributed by atoms with van der Waals surface area (Å²) in [4.78, 5) is 13.2. The minimum absolute atomic E-state index is 0.515. The standard InChI is InChI=1S/C30H31N5OS/c1-20-8-6-9-21(2)29(20)26-18-28-33-30(32-26)34-37-25-11-7-10-23(17-25)31-19-22-16-24(36-28)12-13-27(22)35-14-4-3-5-15-35/h6-13,16-18,31H,3-5,14-15,19H2,1-2H3,(H,32,33,34). The fourth-order valence-corrected chi connectivity index (χ4v) is 5.80. The SMILES string of the molecule is Cc1cccc(C)c1-c1cc2nc(n1)NSc1cccc(c1)NCc1cc(ccc1N1CCCCC1)O2. The highest BCUT2D eigenvalue weighted by Gasteiger charge is 2.18. The molecule has 0 radical (unpaired) electrons. The summed E-state index contributed by atoms with van der Waals surface area (Å²) < 4.78 is 9.73. The van der Waals surface area contributed by atoms with E-state index in [0.29, 0.717) is 18.4 Å². The highest BCUT2D eigenvalue weighted by Crippen LogP contribution is 2.35. The molecule has 6 rings (SSSR count). The first kappa shape index (κ1) is 23.7. The molecule has 0 saturated carbocycles. The number of fused-ring (bicyclic) bond motifs is 6. The number of nitrogens with one attached hydrogen (secondary N) is 2. The number of aryl methyl sites for hydroxylation is 2. The molecule has 7 heteroatoms. The maximum Gasteiger partial charge on any atom is 0.237 e. The van der Waals surface area contributed by atoms with Gasteiger partial charge in [0.25, 0.3) is 0 Å². The second kappa shape index (κ2) is 10.3. The average molecular weight is 510 g/mol. The molecule has 4 aromatic rings. The zero-order chi connectivity index (χ0) is 25.2. The van der Waals surface area contributed by atoms with E-state index in [1.54, 1.807) is 0 Å². The Morgan fingerprint density at radius 1 is 0.865 bits per heavy atom. The van der Waals surface area contributed by atoms with Crippen LogP contribution < -0.4 is 19.7 Å². The van der Waals surface area contributed by atoms with Gasteiger partial charge in [-0.05, 0) is 98.1 Å². The molecule has 0 aliphatic carbocycles. The van der Waals surface area contributed by atoms with Crippen molar-refractivity contribution in [3.8, 4) is 22.9 Å². The smallest absolute Gasteiger partial charge is 0.237 e. The van der Waals surface area contributed by atoms with Crippen molar-refractivity contribution >= 4 is 29.3 Å². The van der Waals surface area contributed by atoms with Gasteiger partial charge in [0.15, 0.2) is 0 Å². The maximum atomic E-state index is 6.39. The van der Waals surface area contributed by atoms with Crippen molar-refractivity contribution in [2.24, 2.45) is 0 Å². The molecule has 2 aliphatic heterocycles. The second-order valence-corrected chi connectivity index (χ2v) is 10.6. The predicted octanol–water partition coefficient (Wildman–Crippen LogP) is 7.59. The lowest BCUT2D eigenvalue weighted by Crippen LogP contribution is -2.30. The van der Waals surface area contributed by atoms with E-state index in [-0.39, 0.29) is 0 Å². The summed E-state index contributed by atoms with van der Waals surface area (Å²) in [7, 11) is 0. The molecular formula is C30H31N5OS. The van der Waals surface area contributed by atoms with Crippen LogP contribution in [0.3, 0.4) is 0 Å². The Balaban J connectivity index is 1.45. The molecule has 0 spiro atoms. The number of anilines is 3. The molecule has 37 heavy (non-hydrogen) atoms. The molecule has 0 atom stereocenters. The van der Waals surface area contributed by atoms with Gasteiger partial charge in [-0.2, -0.15) is 4.98 Å². The van der Waals surface area contributed by atoms with Crippen LogP contribution in [0.5, 0.6) is 11.6 Å². The summed E-state index contributed by atoms with van der Waals surface area (Å²) in [5.74, 6) is 1.81. The zero-order valence-electron chi connectivity index (χ0n) is 21.3. The normalized spacial score (nSPS) is 15.1. The Kier molecular flexibility index (Phi) is 6.62. The lowest BCUT2D eigenvalue weighted by atomic mass is 10.00. The van der Waals surface area contributed by atoms with Gasteiger partial charge in [-0.3, -0.25) is 4.72 Å². The highest BCUT2D eigenvalue weighted by molar-refractivity contribution is 8.00. The van der Waals surface area contributed by atoms with Crippen LogP contribution in [0, 0.1) is 13.8 Å². The van der Waals surface area contributed by atoms with E-state index >= 15 is 0 Å². The summed E-state index contributed by atoms with van der Waals surface area (Å²) in [6.07, 6.45) is 3.78. The molecule has 6 nitrogen and oxygen atoms in total. The molecule has 6 bridgehead atoms. The van der Waals surface area contributed by atoms with E-state index in [1.807, 2.05) is 6.07 Å². The van der Waals surface area contributed by atoms with Gasteiger partial charge in [-0.25, -0.2) is 4.98 Å². The third-order valence-electron chi connectivity index (χ3n) is 6.99. The van der Waals surface area contributed by atoms with E-state index in [2.05, 4.69) is 89.4 Å². The van der Waals surface area contributed by atoms with Crippen LogP contribution in [0.25, 0.3) is 11.3 Å². The van der Waals surface area contributed by atoms with E-state index in [4.69, 9.17) is 14.7 Å². The Bertz CT molecular complexity index is 1410. The molecule has 3 aromatic carbocycles. The van der Waals surface area contributed by atoms with Crippen LogP contribution >= 0.6 is 11.9 Å². The lowest BCUT2D eigenvalue weighted by molar-refractivity contribution is 0.462. The van der Waals surface area contributed by atoms with Gasteiger partial charge in [0.05, 0.1) is 5.69 Å². The van der Waals surface area contributed by atoms with Gasteiger partial charge >= 0.3 is 0 Å². The molecular weight excluding hydrogens is 478 g/mol. The van der Waals surface area contributed by atoms with Crippen LogP contribution in [0.4, 0.5) is 17.3 Å². The molecule has 1 aromatic heterocycles. The van der Waals surface area contributed by atoms with Crippen LogP contribution in [0.15, 0.2) is 71.6 Å². The summed E-state index contributed by atoms with van der Waals surface area (Å²) in [5.41, 5.74) is 7.86. The Morgan fingerprint density at radius 3 is 2.51 bits per heavy atom. The largest absolute Gasteiger partial charge is 0.439 e. The van der Waals surface area contributed by atoms with Gasteiger partial charge in [-0.15, -0.1) is 0 Å². The molecule has 2 aliphatic rings. The number of benzene rings is 3. The second-order valence-electron chi connectivity index (χ2n) is 9.71. The summed E-state index contributed by atoms with van der Waals surface area (Å²) >= 11 is 1.50. The zero-order valence-corrected chi connectivity index (χ0v) is 22.1. The number of rotatable bonds is 2. The number of nitrogens with zero attached hydrogens (tertiary/aromatic N) is 3. The number of hydrogen-bond acceptors (Lipinski definition) is 7. The minimum atomic E-state index is 0.515. The van der Waals surface area contributed by atoms with E-state index in [0.717, 1.165) is 40.7 Å². The topological polar surface area (TPSA) is 62.3 Å². The monoisotopic (exact) mass is 509 g/mol. The number of hydrogen-bond donors (Lipinski definition) is 2.